The van der Waals surface area contributed by atoms with Gasteiger partial charge >= 0.3 is 5.97 Å². The number of benzene rings is 1. The van der Waals surface area contributed by atoms with Gasteiger partial charge in [0.1, 0.15) is 18.1 Å². The van der Waals surface area contributed by atoms with Gasteiger partial charge in [-0.2, -0.15) is 0 Å². The Balaban J connectivity index is 2.18. The van der Waals surface area contributed by atoms with Crippen LogP contribution < -0.4 is 4.74 Å². The minimum absolute atomic E-state index is 0.0395. The summed E-state index contributed by atoms with van der Waals surface area (Å²) < 4.78 is 13.0. The van der Waals surface area contributed by atoms with Crippen LogP contribution in [-0.2, 0) is 14.0 Å². The van der Waals surface area contributed by atoms with Crippen LogP contribution in [0.2, 0.25) is 18.1 Å². The van der Waals surface area contributed by atoms with E-state index < -0.39 is 19.7 Å². The first-order valence-corrected chi connectivity index (χ1v) is 17.0. The van der Waals surface area contributed by atoms with Gasteiger partial charge in [0.2, 0.25) is 0 Å². The molecule has 1 aliphatic rings. The van der Waals surface area contributed by atoms with Gasteiger partial charge in [0, 0.05) is 6.42 Å². The van der Waals surface area contributed by atoms with Gasteiger partial charge in [-0.1, -0.05) is 70.4 Å². The SMILES string of the molecule is CCCC[C@]1(CCC=C=CCC(=O)O)C(=O)CC=C1CCC(COc1ccccc1)O[Si](C)(C)C(C)(C)C. The van der Waals surface area contributed by atoms with Crippen LogP contribution in [-0.4, -0.2) is 37.9 Å². The number of carbonyl (C=O) groups excluding carboxylic acids is 1. The maximum atomic E-state index is 13.3. The Bertz CT molecular complexity index is 998. The Morgan fingerprint density at radius 2 is 1.89 bits per heavy atom. The van der Waals surface area contributed by atoms with Crippen molar-refractivity contribution in [2.45, 2.75) is 110 Å². The maximum absolute atomic E-state index is 13.3. The molecule has 0 aliphatic heterocycles. The van der Waals surface area contributed by atoms with Gasteiger partial charge in [-0.3, -0.25) is 9.59 Å². The maximum Gasteiger partial charge on any atom is 0.307 e. The van der Waals surface area contributed by atoms with E-state index in [1.165, 1.54) is 11.6 Å². The molecule has 1 unspecified atom stereocenters. The first kappa shape index (κ1) is 31.8. The molecule has 0 heterocycles. The summed E-state index contributed by atoms with van der Waals surface area (Å²) in [6.45, 7) is 13.9. The Morgan fingerprint density at radius 1 is 1.18 bits per heavy atom. The van der Waals surface area contributed by atoms with E-state index in [9.17, 15) is 9.59 Å². The number of aliphatic carboxylic acids is 1. The predicted molar refractivity (Wildman–Crippen MR) is 157 cm³/mol. The molecule has 6 heteroatoms. The molecule has 1 aromatic carbocycles. The smallest absolute Gasteiger partial charge is 0.307 e. The minimum atomic E-state index is -2.02. The minimum Gasteiger partial charge on any atom is -0.491 e. The molecule has 0 aromatic heterocycles. The molecule has 0 amide bonds. The van der Waals surface area contributed by atoms with Crippen molar-refractivity contribution in [2.24, 2.45) is 5.41 Å². The van der Waals surface area contributed by atoms with E-state index in [1.54, 1.807) is 0 Å². The number of ether oxygens (including phenoxy) is 1. The van der Waals surface area contributed by atoms with E-state index >= 15 is 0 Å². The number of hydrogen-bond acceptors (Lipinski definition) is 4. The quantitative estimate of drug-likeness (QED) is 0.130. The molecule has 0 saturated heterocycles. The fourth-order valence-corrected chi connectivity index (χ4v) is 6.13. The highest BCUT2D eigenvalue weighted by atomic mass is 28.4. The third-order valence-corrected chi connectivity index (χ3v) is 12.6. The number of para-hydroxylation sites is 1. The third kappa shape index (κ3) is 9.41. The lowest BCUT2D eigenvalue weighted by molar-refractivity contribution is -0.136. The lowest BCUT2D eigenvalue weighted by atomic mass is 9.71. The van der Waals surface area contributed by atoms with Crippen molar-refractivity contribution in [3.05, 3.63) is 59.9 Å². The van der Waals surface area contributed by atoms with Crippen molar-refractivity contribution in [3.63, 3.8) is 0 Å². The second-order valence-electron chi connectivity index (χ2n) is 11.9. The molecule has 1 N–H and O–H groups in total. The van der Waals surface area contributed by atoms with E-state index in [2.05, 4.69) is 52.6 Å². The van der Waals surface area contributed by atoms with Crippen LogP contribution in [0.1, 0.15) is 85.5 Å². The average molecular weight is 541 g/mol. The number of carbonyl (C=O) groups is 2. The number of allylic oxidation sites excluding steroid dienone is 2. The molecule has 1 aliphatic carbocycles. The van der Waals surface area contributed by atoms with E-state index in [1.807, 2.05) is 36.4 Å². The molecule has 0 bridgehead atoms. The fourth-order valence-electron chi connectivity index (χ4n) is 4.75. The number of carboxylic acid groups (broad SMARTS) is 1. The van der Waals surface area contributed by atoms with Crippen molar-refractivity contribution >= 4 is 20.1 Å². The summed E-state index contributed by atoms with van der Waals surface area (Å²) in [5.74, 6) is 0.283. The summed E-state index contributed by atoms with van der Waals surface area (Å²) in [7, 11) is -2.02. The third-order valence-electron chi connectivity index (χ3n) is 8.05. The monoisotopic (exact) mass is 540 g/mol. The molecular formula is C32H48O5Si. The Morgan fingerprint density at radius 3 is 2.53 bits per heavy atom. The zero-order valence-electron chi connectivity index (χ0n) is 24.3. The highest BCUT2D eigenvalue weighted by Gasteiger charge is 2.44. The summed E-state index contributed by atoms with van der Waals surface area (Å²) >= 11 is 0. The number of carboxylic acids is 1. The highest BCUT2D eigenvalue weighted by Crippen LogP contribution is 2.47. The first-order valence-electron chi connectivity index (χ1n) is 14.1. The van der Waals surface area contributed by atoms with Crippen molar-refractivity contribution in [1.82, 2.24) is 0 Å². The number of unbranched alkanes of at least 4 members (excludes halogenated alkanes) is 1. The zero-order valence-corrected chi connectivity index (χ0v) is 25.3. The number of rotatable bonds is 16. The molecular weight excluding hydrogens is 492 g/mol. The van der Waals surface area contributed by atoms with Crippen molar-refractivity contribution in [3.8, 4) is 5.75 Å². The summed E-state index contributed by atoms with van der Waals surface area (Å²) in [5.41, 5.74) is 3.77. The summed E-state index contributed by atoms with van der Waals surface area (Å²) in [6.07, 6.45) is 11.9. The number of ketones is 1. The molecule has 2 atom stereocenters. The van der Waals surface area contributed by atoms with Crippen LogP contribution >= 0.6 is 0 Å². The van der Waals surface area contributed by atoms with Gasteiger partial charge in [0.05, 0.1) is 17.9 Å². The van der Waals surface area contributed by atoms with Gasteiger partial charge in [-0.15, -0.1) is 5.73 Å². The zero-order chi connectivity index (χ0) is 28.2. The summed E-state index contributed by atoms with van der Waals surface area (Å²) in [5, 5.41) is 8.91. The second-order valence-corrected chi connectivity index (χ2v) is 16.7. The molecule has 1 aromatic rings. The molecule has 0 radical (unpaired) electrons. The number of hydrogen-bond donors (Lipinski definition) is 1. The molecule has 5 nitrogen and oxygen atoms in total. The highest BCUT2D eigenvalue weighted by molar-refractivity contribution is 6.74. The van der Waals surface area contributed by atoms with Crippen LogP contribution in [0.4, 0.5) is 0 Å². The number of Topliss-reactive ketones (excluding diaryl/α,β-unsaturated/α-hetero) is 1. The molecule has 210 valence electrons. The predicted octanol–water partition coefficient (Wildman–Crippen LogP) is 8.28. The largest absolute Gasteiger partial charge is 0.491 e. The van der Waals surface area contributed by atoms with Crippen molar-refractivity contribution in [2.75, 3.05) is 6.61 Å². The Kier molecular flexibility index (Phi) is 12.3. The van der Waals surface area contributed by atoms with E-state index in [0.717, 1.165) is 44.3 Å². The normalized spacial score (nSPS) is 18.5. The lowest BCUT2D eigenvalue weighted by Crippen LogP contribution is -2.45. The van der Waals surface area contributed by atoms with Gasteiger partial charge in [-0.25, -0.2) is 0 Å². The second kappa shape index (κ2) is 14.7. The van der Waals surface area contributed by atoms with Gasteiger partial charge in [0.15, 0.2) is 8.32 Å². The molecule has 0 fully saturated rings. The van der Waals surface area contributed by atoms with E-state index in [-0.39, 0.29) is 17.6 Å². The van der Waals surface area contributed by atoms with E-state index in [4.69, 9.17) is 14.3 Å². The van der Waals surface area contributed by atoms with Crippen LogP contribution in [0.3, 0.4) is 0 Å². The lowest BCUT2D eigenvalue weighted by Gasteiger charge is -2.39. The fraction of sp³-hybridized carbons (Fsp3) is 0.594. The Hall–Kier alpha value is -2.40. The van der Waals surface area contributed by atoms with E-state index in [0.29, 0.717) is 25.2 Å². The average Bonchev–Trinajstić information content (AvgIpc) is 3.16. The van der Waals surface area contributed by atoms with Crippen molar-refractivity contribution in [1.29, 1.82) is 0 Å². The molecule has 0 spiro atoms. The first-order chi connectivity index (χ1) is 17.9. The molecule has 0 saturated carbocycles. The van der Waals surface area contributed by atoms with Crippen LogP contribution in [0.5, 0.6) is 5.75 Å². The topological polar surface area (TPSA) is 72.8 Å². The van der Waals surface area contributed by atoms with Gasteiger partial charge < -0.3 is 14.3 Å². The van der Waals surface area contributed by atoms with Gasteiger partial charge in [0.25, 0.3) is 0 Å². The summed E-state index contributed by atoms with van der Waals surface area (Å²) in [4.78, 5) is 24.1. The molecule has 2 rings (SSSR count). The summed E-state index contributed by atoms with van der Waals surface area (Å²) in [6, 6.07) is 9.86. The standard InChI is InChI=1S/C32H48O5Si/c1-7-8-23-32(24-15-10-9-14-18-30(34)35)26(20-22-29(32)33)19-21-28(37-38(5,6)31(2,3)4)25-36-27-16-12-11-13-17-27/h10-14,16-17,20,28H,7-8,15,18-19,21-25H2,1-6H3,(H,34,35)/t9?,28?,32-/m1/s1. The van der Waals surface area contributed by atoms with Crippen LogP contribution in [0.25, 0.3) is 0 Å². The van der Waals surface area contributed by atoms with Crippen molar-refractivity contribution < 1.29 is 23.9 Å². The molecule has 38 heavy (non-hydrogen) atoms. The van der Waals surface area contributed by atoms with Crippen LogP contribution in [0, 0.1) is 5.41 Å². The van der Waals surface area contributed by atoms with Crippen LogP contribution in [0.15, 0.2) is 59.9 Å². The van der Waals surface area contributed by atoms with Gasteiger partial charge in [-0.05, 0) is 74.5 Å². The Labute approximate surface area is 231 Å².